The highest BCUT2D eigenvalue weighted by Crippen LogP contribution is 2.16. The number of nitrogen functional groups attached to an aromatic ring is 1. The third kappa shape index (κ3) is 3.49. The van der Waals surface area contributed by atoms with Crippen LogP contribution in [0.5, 0.6) is 0 Å². The predicted molar refractivity (Wildman–Crippen MR) is 70.9 cm³/mol. The molecule has 2 aromatic rings. The molecule has 90 valence electrons. The topological polar surface area (TPSA) is 56.7 Å². The minimum Gasteiger partial charge on any atom is -0.399 e. The summed E-state index contributed by atoms with van der Waals surface area (Å²) in [7, 11) is 1.91. The van der Waals surface area contributed by atoms with Crippen molar-refractivity contribution in [2.75, 3.05) is 11.5 Å². The highest BCUT2D eigenvalue weighted by molar-refractivity contribution is 7.99. The third-order valence-corrected chi connectivity index (χ3v) is 3.58. The third-order valence-electron chi connectivity index (χ3n) is 2.46. The first-order chi connectivity index (χ1) is 8.25. The molecule has 5 heteroatoms. The molecule has 0 bridgehead atoms. The molecule has 2 rings (SSSR count). The van der Waals surface area contributed by atoms with E-state index in [1.54, 1.807) is 22.8 Å². The van der Waals surface area contributed by atoms with Crippen LogP contribution in [0.1, 0.15) is 12.0 Å². The van der Waals surface area contributed by atoms with Gasteiger partial charge in [-0.25, -0.2) is 9.67 Å². The highest BCUT2D eigenvalue weighted by atomic mass is 32.2. The van der Waals surface area contributed by atoms with Gasteiger partial charge in [-0.3, -0.25) is 0 Å². The van der Waals surface area contributed by atoms with Crippen molar-refractivity contribution in [1.82, 2.24) is 14.8 Å². The van der Waals surface area contributed by atoms with E-state index in [0.717, 1.165) is 29.4 Å². The molecule has 0 saturated heterocycles. The summed E-state index contributed by atoms with van der Waals surface area (Å²) in [5.74, 6) is 1.04. The van der Waals surface area contributed by atoms with Gasteiger partial charge in [0.1, 0.15) is 6.33 Å². The molecule has 0 unspecified atom stereocenters. The van der Waals surface area contributed by atoms with Gasteiger partial charge < -0.3 is 5.73 Å². The van der Waals surface area contributed by atoms with Gasteiger partial charge in [-0.2, -0.15) is 5.10 Å². The van der Waals surface area contributed by atoms with Crippen molar-refractivity contribution in [3.05, 3.63) is 36.2 Å². The number of anilines is 1. The van der Waals surface area contributed by atoms with E-state index in [9.17, 15) is 0 Å². The maximum atomic E-state index is 5.73. The van der Waals surface area contributed by atoms with Crippen LogP contribution < -0.4 is 5.73 Å². The van der Waals surface area contributed by atoms with Gasteiger partial charge in [0, 0.05) is 18.5 Å². The SMILES string of the molecule is Cn1ncnc1SCCCc1cccc(N)c1. The zero-order chi connectivity index (χ0) is 12.1. The molecule has 1 aromatic carbocycles. The lowest BCUT2D eigenvalue weighted by Gasteiger charge is -2.02. The van der Waals surface area contributed by atoms with Crippen molar-refractivity contribution in [2.24, 2.45) is 7.05 Å². The summed E-state index contributed by atoms with van der Waals surface area (Å²) in [4.78, 5) is 4.17. The quantitative estimate of drug-likeness (QED) is 0.500. The smallest absolute Gasteiger partial charge is 0.185 e. The monoisotopic (exact) mass is 248 g/mol. The summed E-state index contributed by atoms with van der Waals surface area (Å²) in [5.41, 5.74) is 7.86. The molecule has 0 saturated carbocycles. The normalized spacial score (nSPS) is 10.6. The highest BCUT2D eigenvalue weighted by Gasteiger charge is 2.01. The van der Waals surface area contributed by atoms with E-state index in [2.05, 4.69) is 16.1 Å². The molecule has 1 heterocycles. The van der Waals surface area contributed by atoms with E-state index in [1.165, 1.54) is 5.56 Å². The molecule has 0 fully saturated rings. The number of aromatic nitrogens is 3. The van der Waals surface area contributed by atoms with Crippen LogP contribution >= 0.6 is 11.8 Å². The Morgan fingerprint density at radius 3 is 3.00 bits per heavy atom. The number of thioether (sulfide) groups is 1. The number of hydrogen-bond acceptors (Lipinski definition) is 4. The van der Waals surface area contributed by atoms with Crippen LogP contribution in [-0.4, -0.2) is 20.5 Å². The molecular weight excluding hydrogens is 232 g/mol. The summed E-state index contributed by atoms with van der Waals surface area (Å²) in [5, 5.41) is 5.00. The Labute approximate surface area is 105 Å². The molecule has 2 N–H and O–H groups in total. The van der Waals surface area contributed by atoms with Crippen LogP contribution in [0.4, 0.5) is 5.69 Å². The molecule has 0 atom stereocenters. The van der Waals surface area contributed by atoms with Crippen LogP contribution in [0.3, 0.4) is 0 Å². The number of aryl methyl sites for hydroxylation is 2. The summed E-state index contributed by atoms with van der Waals surface area (Å²) in [6.07, 6.45) is 3.75. The maximum absolute atomic E-state index is 5.73. The molecule has 0 aliphatic carbocycles. The number of nitrogens with two attached hydrogens (primary N) is 1. The van der Waals surface area contributed by atoms with Crippen LogP contribution in [0.25, 0.3) is 0 Å². The van der Waals surface area contributed by atoms with Crippen molar-refractivity contribution in [2.45, 2.75) is 18.0 Å². The van der Waals surface area contributed by atoms with E-state index < -0.39 is 0 Å². The summed E-state index contributed by atoms with van der Waals surface area (Å²) in [6, 6.07) is 8.06. The molecule has 1 aromatic heterocycles. The first-order valence-electron chi connectivity index (χ1n) is 5.57. The van der Waals surface area contributed by atoms with E-state index >= 15 is 0 Å². The molecule has 0 aliphatic rings. The zero-order valence-electron chi connectivity index (χ0n) is 9.84. The number of rotatable bonds is 5. The lowest BCUT2D eigenvalue weighted by molar-refractivity contribution is 0.684. The summed E-state index contributed by atoms with van der Waals surface area (Å²) < 4.78 is 1.80. The Morgan fingerprint density at radius 2 is 2.29 bits per heavy atom. The van der Waals surface area contributed by atoms with Crippen LogP contribution in [0, 0.1) is 0 Å². The Bertz CT molecular complexity index is 481. The lowest BCUT2D eigenvalue weighted by Crippen LogP contribution is -1.95. The second kappa shape index (κ2) is 5.72. The van der Waals surface area contributed by atoms with Gasteiger partial charge in [0.15, 0.2) is 5.16 Å². The largest absolute Gasteiger partial charge is 0.399 e. The Hall–Kier alpha value is -1.49. The van der Waals surface area contributed by atoms with Crippen molar-refractivity contribution >= 4 is 17.4 Å². The molecule has 0 aliphatic heterocycles. The van der Waals surface area contributed by atoms with Gasteiger partial charge in [0.2, 0.25) is 0 Å². The second-order valence-corrected chi connectivity index (χ2v) is 4.93. The fourth-order valence-corrected chi connectivity index (χ4v) is 2.43. The number of benzene rings is 1. The van der Waals surface area contributed by atoms with Crippen molar-refractivity contribution in [3.63, 3.8) is 0 Å². The number of nitrogens with zero attached hydrogens (tertiary/aromatic N) is 3. The van der Waals surface area contributed by atoms with E-state index in [0.29, 0.717) is 0 Å². The van der Waals surface area contributed by atoms with Crippen molar-refractivity contribution in [3.8, 4) is 0 Å². The molecule has 17 heavy (non-hydrogen) atoms. The van der Waals surface area contributed by atoms with Gasteiger partial charge >= 0.3 is 0 Å². The van der Waals surface area contributed by atoms with Crippen LogP contribution in [0.15, 0.2) is 35.7 Å². The van der Waals surface area contributed by atoms with Gasteiger partial charge in [0.25, 0.3) is 0 Å². The van der Waals surface area contributed by atoms with Gasteiger partial charge in [-0.15, -0.1) is 0 Å². The van der Waals surface area contributed by atoms with Crippen molar-refractivity contribution < 1.29 is 0 Å². The molecule has 0 amide bonds. The first kappa shape index (κ1) is 12.0. The van der Waals surface area contributed by atoms with Crippen LogP contribution in [0.2, 0.25) is 0 Å². The van der Waals surface area contributed by atoms with Crippen molar-refractivity contribution in [1.29, 1.82) is 0 Å². The average molecular weight is 248 g/mol. The fraction of sp³-hybridized carbons (Fsp3) is 0.333. The Morgan fingerprint density at radius 1 is 1.41 bits per heavy atom. The standard InChI is InChI=1S/C12H16N4S/c1-16-12(14-9-15-16)17-7-3-5-10-4-2-6-11(13)8-10/h2,4,6,8-9H,3,5,7,13H2,1H3. The van der Waals surface area contributed by atoms with Gasteiger partial charge in [-0.05, 0) is 30.5 Å². The Kier molecular flexibility index (Phi) is 4.03. The van der Waals surface area contributed by atoms with Crippen LogP contribution in [-0.2, 0) is 13.5 Å². The second-order valence-electron chi connectivity index (χ2n) is 3.86. The minimum absolute atomic E-state index is 0.837. The van der Waals surface area contributed by atoms with E-state index in [1.807, 2.05) is 25.2 Å². The first-order valence-corrected chi connectivity index (χ1v) is 6.55. The maximum Gasteiger partial charge on any atom is 0.185 e. The molecule has 0 radical (unpaired) electrons. The number of hydrogen-bond donors (Lipinski definition) is 1. The molecule has 0 spiro atoms. The lowest BCUT2D eigenvalue weighted by atomic mass is 10.1. The van der Waals surface area contributed by atoms with Gasteiger partial charge in [0.05, 0.1) is 0 Å². The fourth-order valence-electron chi connectivity index (χ4n) is 1.60. The Balaban J connectivity index is 1.75. The predicted octanol–water partition coefficient (Wildman–Crippen LogP) is 2.12. The summed E-state index contributed by atoms with van der Waals surface area (Å²) in [6.45, 7) is 0. The average Bonchev–Trinajstić information content (AvgIpc) is 2.71. The molecule has 4 nitrogen and oxygen atoms in total. The summed E-state index contributed by atoms with van der Waals surface area (Å²) >= 11 is 1.74. The van der Waals surface area contributed by atoms with E-state index in [-0.39, 0.29) is 0 Å². The minimum atomic E-state index is 0.837. The van der Waals surface area contributed by atoms with E-state index in [4.69, 9.17) is 5.73 Å². The zero-order valence-corrected chi connectivity index (χ0v) is 10.7. The van der Waals surface area contributed by atoms with Gasteiger partial charge in [-0.1, -0.05) is 23.9 Å². The molecular formula is C12H16N4S.